The molecule has 0 aliphatic rings. The molecule has 0 spiro atoms. The van der Waals surface area contributed by atoms with Crippen molar-refractivity contribution >= 4 is 60.1 Å². The van der Waals surface area contributed by atoms with E-state index < -0.39 is 0 Å². The second-order valence-electron chi connectivity index (χ2n) is 2.39. The summed E-state index contributed by atoms with van der Waals surface area (Å²) in [6, 6.07) is 0. The monoisotopic (exact) mass is 452 g/mol. The Balaban J connectivity index is -0.000000152. The maximum atomic E-state index is 3.56. The molecule has 0 aliphatic carbocycles. The van der Waals surface area contributed by atoms with Gasteiger partial charge in [0.25, 0.3) is 0 Å². The van der Waals surface area contributed by atoms with Gasteiger partial charge < -0.3 is 0 Å². The number of hydrogen-bond donors (Lipinski definition) is 0. The molecule has 0 aromatic carbocycles. The third kappa shape index (κ3) is 29.2. The van der Waals surface area contributed by atoms with Crippen LogP contribution in [0, 0.1) is 0 Å². The normalized spacial score (nSPS) is 8.86. The van der Waals surface area contributed by atoms with Crippen LogP contribution in [0.2, 0.25) is 0 Å². The average Bonchev–Trinajstić information content (AvgIpc) is 2.22. The smallest absolute Gasteiger partial charge is 0.0239 e. The molecule has 0 N–H and O–H groups in total. The van der Waals surface area contributed by atoms with Crippen LogP contribution in [0.25, 0.3) is 0 Å². The van der Waals surface area contributed by atoms with Crippen LogP contribution in [0.3, 0.4) is 0 Å². The summed E-state index contributed by atoms with van der Waals surface area (Å²) in [7, 11) is 0. The molecule has 0 nitrogen and oxygen atoms in total. The first-order valence-corrected chi connectivity index (χ1v) is 9.74. The highest BCUT2D eigenvalue weighted by Crippen LogP contribution is 1.97. The Morgan fingerprint density at radius 1 is 1.21 bits per heavy atom. The Bertz CT molecular complexity index is 162. The van der Waals surface area contributed by atoms with E-state index in [4.69, 9.17) is 0 Å². The first-order chi connectivity index (χ1) is 6.58. The minimum absolute atomic E-state index is 0.963. The van der Waals surface area contributed by atoms with Gasteiger partial charge in [0.1, 0.15) is 0 Å². The van der Waals surface area contributed by atoms with Crippen molar-refractivity contribution in [2.45, 2.75) is 13.8 Å². The second kappa shape index (κ2) is 19.7. The molecule has 0 aliphatic heterocycles. The molecule has 0 unspecified atom stereocenters. The molecule has 0 bridgehead atoms. The van der Waals surface area contributed by atoms with Gasteiger partial charge >= 0.3 is 0 Å². The topological polar surface area (TPSA) is 0 Å². The lowest BCUT2D eigenvalue weighted by Crippen LogP contribution is -1.74. The molecule has 84 valence electrons. The summed E-state index contributed by atoms with van der Waals surface area (Å²) in [5, 5.41) is 1.95. The summed E-state index contributed by atoms with van der Waals surface area (Å²) < 4.78 is 0. The fourth-order valence-electron chi connectivity index (χ4n) is 0.186. The van der Waals surface area contributed by atoms with Gasteiger partial charge in [-0.3, -0.25) is 0 Å². The van der Waals surface area contributed by atoms with Gasteiger partial charge in [-0.2, -0.15) is 0 Å². The van der Waals surface area contributed by atoms with E-state index in [0.29, 0.717) is 0 Å². The lowest BCUT2D eigenvalue weighted by molar-refractivity contribution is 1.40. The van der Waals surface area contributed by atoms with Gasteiger partial charge in [-0.05, 0) is 13.8 Å². The second-order valence-corrected chi connectivity index (χ2v) is 3.60. The highest BCUT2D eigenvalue weighted by atomic mass is 80.9. The van der Waals surface area contributed by atoms with Crippen LogP contribution in [0.4, 0.5) is 0 Å². The van der Waals surface area contributed by atoms with Gasteiger partial charge in [-0.25, -0.2) is 0 Å². The summed E-state index contributed by atoms with van der Waals surface area (Å²) in [4.78, 5) is 0. The zero-order chi connectivity index (χ0) is 12.0. The molecule has 4 heteroatoms. The SMILES string of the molecule is BrBr.C/C(=C/CBr)CBr.C=CC(=C)C. The zero-order valence-corrected chi connectivity index (χ0v) is 14.8. The Hall–Kier alpha value is 1.14. The van der Waals surface area contributed by atoms with Crippen molar-refractivity contribution in [3.05, 3.63) is 36.5 Å². The van der Waals surface area contributed by atoms with E-state index >= 15 is 0 Å². The van der Waals surface area contributed by atoms with E-state index in [2.05, 4.69) is 86.3 Å². The number of allylic oxidation sites excluding steroid dienone is 4. The Labute approximate surface area is 120 Å². The maximum Gasteiger partial charge on any atom is 0.0239 e. The van der Waals surface area contributed by atoms with Crippen molar-refractivity contribution < 1.29 is 0 Å². The first-order valence-electron chi connectivity index (χ1n) is 3.78. The molecule has 0 aromatic heterocycles. The van der Waals surface area contributed by atoms with E-state index in [0.717, 1.165) is 16.2 Å². The van der Waals surface area contributed by atoms with Crippen LogP contribution in [0.15, 0.2) is 36.5 Å². The summed E-state index contributed by atoms with van der Waals surface area (Å²) in [6.07, 6.45) is 3.86. The fraction of sp³-hybridized carbons (Fsp3) is 0.400. The molecular formula is C10H16Br4. The number of alkyl halides is 2. The van der Waals surface area contributed by atoms with E-state index in [-0.39, 0.29) is 0 Å². The molecule has 0 aromatic rings. The fourth-order valence-corrected chi connectivity index (χ4v) is 0.968. The minimum atomic E-state index is 0.963. The molecular weight excluding hydrogens is 440 g/mol. The van der Waals surface area contributed by atoms with Crippen LogP contribution in [0.1, 0.15) is 13.8 Å². The predicted octanol–water partition coefficient (Wildman–Crippen LogP) is 6.16. The molecule has 0 heterocycles. The van der Waals surface area contributed by atoms with Crippen LogP contribution in [0.5, 0.6) is 0 Å². The quantitative estimate of drug-likeness (QED) is 0.271. The molecule has 0 saturated heterocycles. The van der Waals surface area contributed by atoms with Crippen LogP contribution < -0.4 is 0 Å². The third-order valence-corrected chi connectivity index (χ3v) is 2.19. The lowest BCUT2D eigenvalue weighted by atomic mass is 10.3. The highest BCUT2D eigenvalue weighted by Gasteiger charge is 1.78. The number of hydrogen-bond acceptors (Lipinski definition) is 0. The van der Waals surface area contributed by atoms with Gasteiger partial charge in [0.15, 0.2) is 0 Å². The average molecular weight is 456 g/mol. The van der Waals surface area contributed by atoms with Crippen LogP contribution in [-0.4, -0.2) is 10.7 Å². The van der Waals surface area contributed by atoms with Crippen molar-refractivity contribution in [3.8, 4) is 0 Å². The van der Waals surface area contributed by atoms with Gasteiger partial charge in [0.2, 0.25) is 0 Å². The molecule has 0 fully saturated rings. The molecule has 0 saturated carbocycles. The van der Waals surface area contributed by atoms with Gasteiger partial charge in [0, 0.05) is 38.9 Å². The van der Waals surface area contributed by atoms with Crippen molar-refractivity contribution in [3.63, 3.8) is 0 Å². The highest BCUT2D eigenvalue weighted by molar-refractivity contribution is 9.93. The number of rotatable bonds is 3. The molecule has 0 rings (SSSR count). The first kappa shape index (κ1) is 20.5. The molecule has 14 heavy (non-hydrogen) atoms. The third-order valence-electron chi connectivity index (χ3n) is 0.985. The summed E-state index contributed by atoms with van der Waals surface area (Å²) in [5.74, 6) is 0. The zero-order valence-electron chi connectivity index (χ0n) is 8.49. The Morgan fingerprint density at radius 2 is 1.57 bits per heavy atom. The lowest BCUT2D eigenvalue weighted by Gasteiger charge is -1.86. The largest absolute Gasteiger partial charge is 0.0988 e. The van der Waals surface area contributed by atoms with Gasteiger partial charge in [0.05, 0.1) is 0 Å². The standard InChI is InChI=1S/C5H8Br2.C5H8.Br2/c1-5(4-7)2-3-6;1-4-5(2)3;1-2/h2H,3-4H2,1H3;4H,1-2H2,3H3;/b5-2-;;. The molecule has 0 atom stereocenters. The predicted molar refractivity (Wildman–Crippen MR) is 84.2 cm³/mol. The van der Waals surface area contributed by atoms with E-state index in [1.165, 1.54) is 5.57 Å². The number of halogens is 4. The van der Waals surface area contributed by atoms with Crippen molar-refractivity contribution in [1.82, 2.24) is 0 Å². The van der Waals surface area contributed by atoms with Gasteiger partial charge in [-0.15, -0.1) is 0 Å². The minimum Gasteiger partial charge on any atom is -0.0988 e. The van der Waals surface area contributed by atoms with Gasteiger partial charge in [-0.1, -0.05) is 68.3 Å². The summed E-state index contributed by atoms with van der Waals surface area (Å²) in [6.45, 7) is 11.0. The van der Waals surface area contributed by atoms with Crippen molar-refractivity contribution in [1.29, 1.82) is 0 Å². The molecule has 0 radical (unpaired) electrons. The van der Waals surface area contributed by atoms with E-state index in [1.807, 2.05) is 6.92 Å². The van der Waals surface area contributed by atoms with Crippen molar-refractivity contribution in [2.75, 3.05) is 10.7 Å². The Kier molecular flexibility index (Phi) is 28.9. The Morgan fingerprint density at radius 3 is 1.64 bits per heavy atom. The van der Waals surface area contributed by atoms with E-state index in [9.17, 15) is 0 Å². The van der Waals surface area contributed by atoms with E-state index in [1.54, 1.807) is 6.08 Å². The van der Waals surface area contributed by atoms with Crippen molar-refractivity contribution in [2.24, 2.45) is 0 Å². The maximum absolute atomic E-state index is 3.56. The molecule has 0 amide bonds. The van der Waals surface area contributed by atoms with Crippen LogP contribution >= 0.6 is 60.1 Å². The summed E-state index contributed by atoms with van der Waals surface area (Å²) in [5.41, 5.74) is 2.39. The summed E-state index contributed by atoms with van der Waals surface area (Å²) >= 11 is 12.1. The van der Waals surface area contributed by atoms with Crippen LogP contribution in [-0.2, 0) is 0 Å².